The van der Waals surface area contributed by atoms with Crippen LogP contribution in [0.1, 0.15) is 0 Å². The fourth-order valence-electron chi connectivity index (χ4n) is 0.191. The number of carboxylic acid groups (broad SMARTS) is 1. The highest BCUT2D eigenvalue weighted by molar-refractivity contribution is 6.25. The lowest BCUT2D eigenvalue weighted by Crippen LogP contribution is -2.16. The maximum atomic E-state index is 9.73. The van der Waals surface area contributed by atoms with E-state index in [1.165, 1.54) is 11.7 Å². The number of rotatable bonds is 3. The fraction of sp³-hybridized carbons (Fsp3) is 0.250. The third-order valence-corrected chi connectivity index (χ3v) is 0.560. The number of carboxylic acids is 1. The Balaban J connectivity index is 3.05. The van der Waals surface area contributed by atoms with Crippen LogP contribution in [0.5, 0.6) is 0 Å². The molecule has 46 valence electrons. The number of hydrogen-bond acceptors (Lipinski definition) is 2. The van der Waals surface area contributed by atoms with E-state index in [0.29, 0.717) is 0 Å². The van der Waals surface area contributed by atoms with E-state index in [9.17, 15) is 4.79 Å². The van der Waals surface area contributed by atoms with Crippen molar-refractivity contribution in [3.63, 3.8) is 0 Å². The molecular formula is C4H6ClNO2. The zero-order chi connectivity index (χ0) is 6.41. The van der Waals surface area contributed by atoms with E-state index in [4.69, 9.17) is 16.7 Å². The third kappa shape index (κ3) is 5.30. The quantitative estimate of drug-likeness (QED) is 0.588. The van der Waals surface area contributed by atoms with Gasteiger partial charge < -0.3 is 10.4 Å². The molecule has 0 aliphatic carbocycles. The van der Waals surface area contributed by atoms with Crippen molar-refractivity contribution in [3.05, 3.63) is 11.7 Å². The van der Waals surface area contributed by atoms with Gasteiger partial charge in [0.05, 0.1) is 0 Å². The monoisotopic (exact) mass is 135 g/mol. The molecular weight excluding hydrogens is 130 g/mol. The molecule has 0 aromatic heterocycles. The Morgan fingerprint density at radius 1 is 1.88 bits per heavy atom. The molecule has 0 bridgehead atoms. The molecule has 0 aromatic rings. The average molecular weight is 136 g/mol. The minimum absolute atomic E-state index is 0.0940. The molecule has 0 saturated heterocycles. The Bertz CT molecular complexity index is 102. The van der Waals surface area contributed by atoms with Gasteiger partial charge in [-0.3, -0.25) is 4.79 Å². The summed E-state index contributed by atoms with van der Waals surface area (Å²) in [5.74, 6) is -0.903. The first kappa shape index (κ1) is 7.30. The zero-order valence-electron chi connectivity index (χ0n) is 4.10. The van der Waals surface area contributed by atoms with Crippen molar-refractivity contribution in [2.75, 3.05) is 6.54 Å². The summed E-state index contributed by atoms with van der Waals surface area (Å²) in [5, 5.41) is 10.4. The van der Waals surface area contributed by atoms with Gasteiger partial charge in [0.25, 0.3) is 0 Å². The minimum atomic E-state index is -0.903. The van der Waals surface area contributed by atoms with Crippen molar-refractivity contribution in [3.8, 4) is 0 Å². The SMILES string of the molecule is O=C(O)CN/C=C/Cl. The van der Waals surface area contributed by atoms with Crippen LogP contribution in [-0.2, 0) is 4.79 Å². The van der Waals surface area contributed by atoms with Gasteiger partial charge in [0.1, 0.15) is 6.54 Å². The molecule has 0 amide bonds. The molecule has 0 rings (SSSR count). The molecule has 0 spiro atoms. The minimum Gasteiger partial charge on any atom is -0.480 e. The van der Waals surface area contributed by atoms with E-state index in [1.807, 2.05) is 0 Å². The summed E-state index contributed by atoms with van der Waals surface area (Å²) in [6.07, 6.45) is 1.36. The molecule has 0 aromatic carbocycles. The normalized spacial score (nSPS) is 9.62. The number of nitrogens with one attached hydrogen (secondary N) is 1. The Labute approximate surface area is 52.0 Å². The van der Waals surface area contributed by atoms with Gasteiger partial charge in [0.2, 0.25) is 0 Å². The topological polar surface area (TPSA) is 49.3 Å². The predicted octanol–water partition coefficient (Wildman–Crippen LogP) is 0.371. The Kier molecular flexibility index (Phi) is 4.07. The highest BCUT2D eigenvalue weighted by atomic mass is 35.5. The smallest absolute Gasteiger partial charge is 0.322 e. The number of aliphatic carboxylic acids is 1. The second-order valence-corrected chi connectivity index (χ2v) is 1.32. The van der Waals surface area contributed by atoms with E-state index in [0.717, 1.165) is 0 Å². The van der Waals surface area contributed by atoms with Crippen LogP contribution in [0, 0.1) is 0 Å². The maximum Gasteiger partial charge on any atom is 0.322 e. The lowest BCUT2D eigenvalue weighted by atomic mass is 10.7. The van der Waals surface area contributed by atoms with Gasteiger partial charge in [-0.15, -0.1) is 0 Å². The largest absolute Gasteiger partial charge is 0.480 e. The van der Waals surface area contributed by atoms with E-state index in [-0.39, 0.29) is 6.54 Å². The van der Waals surface area contributed by atoms with Gasteiger partial charge in [0.15, 0.2) is 0 Å². The molecule has 0 unspecified atom stereocenters. The summed E-state index contributed by atoms with van der Waals surface area (Å²) in [4.78, 5) is 9.73. The van der Waals surface area contributed by atoms with Gasteiger partial charge in [-0.05, 0) is 0 Å². The van der Waals surface area contributed by atoms with Crippen LogP contribution in [0.2, 0.25) is 0 Å². The molecule has 8 heavy (non-hydrogen) atoms. The second kappa shape index (κ2) is 4.46. The summed E-state index contributed by atoms with van der Waals surface area (Å²) in [6.45, 7) is -0.0940. The van der Waals surface area contributed by atoms with E-state index in [1.54, 1.807) is 0 Å². The van der Waals surface area contributed by atoms with Gasteiger partial charge >= 0.3 is 5.97 Å². The highest BCUT2D eigenvalue weighted by Crippen LogP contribution is 1.71. The van der Waals surface area contributed by atoms with Crippen molar-refractivity contribution < 1.29 is 9.90 Å². The first-order chi connectivity index (χ1) is 3.77. The molecule has 0 fully saturated rings. The van der Waals surface area contributed by atoms with Gasteiger partial charge in [-0.1, -0.05) is 11.6 Å². The molecule has 0 atom stereocenters. The van der Waals surface area contributed by atoms with E-state index >= 15 is 0 Å². The predicted molar refractivity (Wildman–Crippen MR) is 30.6 cm³/mol. The van der Waals surface area contributed by atoms with E-state index in [2.05, 4.69) is 5.32 Å². The molecule has 4 heteroatoms. The highest BCUT2D eigenvalue weighted by Gasteiger charge is 1.87. The average Bonchev–Trinajstić information content (AvgIpc) is 1.66. The van der Waals surface area contributed by atoms with Crippen molar-refractivity contribution >= 4 is 17.6 Å². The fourth-order valence-corrected chi connectivity index (χ4v) is 0.280. The van der Waals surface area contributed by atoms with Gasteiger partial charge in [-0.25, -0.2) is 0 Å². The molecule has 0 aliphatic rings. The van der Waals surface area contributed by atoms with Gasteiger partial charge in [0, 0.05) is 11.7 Å². The second-order valence-electron chi connectivity index (χ2n) is 1.07. The zero-order valence-corrected chi connectivity index (χ0v) is 4.85. The first-order valence-corrected chi connectivity index (χ1v) is 2.41. The Morgan fingerprint density at radius 3 is 2.88 bits per heavy atom. The summed E-state index contributed by atoms with van der Waals surface area (Å²) in [5.41, 5.74) is 1.21. The van der Waals surface area contributed by atoms with Crippen molar-refractivity contribution in [2.24, 2.45) is 0 Å². The van der Waals surface area contributed by atoms with Crippen LogP contribution in [0.15, 0.2) is 11.7 Å². The lowest BCUT2D eigenvalue weighted by Gasteiger charge is -1.89. The van der Waals surface area contributed by atoms with E-state index < -0.39 is 5.97 Å². The molecule has 0 aliphatic heterocycles. The van der Waals surface area contributed by atoms with Crippen LogP contribution in [-0.4, -0.2) is 17.6 Å². The van der Waals surface area contributed by atoms with Crippen LogP contribution in [0.3, 0.4) is 0 Å². The van der Waals surface area contributed by atoms with Crippen LogP contribution < -0.4 is 5.32 Å². The van der Waals surface area contributed by atoms with Crippen molar-refractivity contribution in [1.29, 1.82) is 0 Å². The standard InChI is InChI=1S/C4H6ClNO2/c5-1-2-6-3-4(7)8/h1-2,6H,3H2,(H,7,8)/b2-1+. The summed E-state index contributed by atoms with van der Waals surface area (Å²) < 4.78 is 0. The summed E-state index contributed by atoms with van der Waals surface area (Å²) in [6, 6.07) is 0. The van der Waals surface area contributed by atoms with Crippen LogP contribution >= 0.6 is 11.6 Å². The summed E-state index contributed by atoms with van der Waals surface area (Å²) in [7, 11) is 0. The molecule has 2 N–H and O–H groups in total. The number of hydrogen-bond donors (Lipinski definition) is 2. The first-order valence-electron chi connectivity index (χ1n) is 1.98. The van der Waals surface area contributed by atoms with Crippen LogP contribution in [0.25, 0.3) is 0 Å². The summed E-state index contributed by atoms with van der Waals surface area (Å²) >= 11 is 5.05. The van der Waals surface area contributed by atoms with Gasteiger partial charge in [-0.2, -0.15) is 0 Å². The number of halogens is 1. The number of carbonyl (C=O) groups is 1. The van der Waals surface area contributed by atoms with Crippen molar-refractivity contribution in [2.45, 2.75) is 0 Å². The molecule has 0 radical (unpaired) electrons. The molecule has 0 heterocycles. The third-order valence-electron chi connectivity index (χ3n) is 0.434. The lowest BCUT2D eigenvalue weighted by molar-refractivity contribution is -0.135. The maximum absolute atomic E-state index is 9.73. The van der Waals surface area contributed by atoms with Crippen molar-refractivity contribution in [1.82, 2.24) is 5.32 Å². The molecule has 3 nitrogen and oxygen atoms in total. The van der Waals surface area contributed by atoms with Crippen LogP contribution in [0.4, 0.5) is 0 Å². The molecule has 0 saturated carbocycles. The Morgan fingerprint density at radius 2 is 2.50 bits per heavy atom. The Hall–Kier alpha value is -0.700.